The average Bonchev–Trinajstić information content (AvgIpc) is 2.34. The van der Waals surface area contributed by atoms with E-state index in [0.717, 1.165) is 17.8 Å². The average molecular weight is 168 g/mol. The number of aromatic nitrogens is 3. The topological polar surface area (TPSA) is 56.7 Å². The molecule has 0 aliphatic heterocycles. The zero-order chi connectivity index (χ0) is 9.14. The van der Waals surface area contributed by atoms with Crippen LogP contribution in [0.5, 0.6) is 0 Å². The fourth-order valence-electron chi connectivity index (χ4n) is 1.23. The first kappa shape index (κ1) is 9.19. The molecular weight excluding hydrogens is 152 g/mol. The number of rotatable bonds is 3. The molecule has 68 valence electrons. The summed E-state index contributed by atoms with van der Waals surface area (Å²) >= 11 is 0. The summed E-state index contributed by atoms with van der Waals surface area (Å²) < 4.78 is 1.92. The summed E-state index contributed by atoms with van der Waals surface area (Å²) in [7, 11) is 0. The third kappa shape index (κ3) is 1.64. The fraction of sp³-hybridized carbons (Fsp3) is 0.750. The van der Waals surface area contributed by atoms with Crippen LogP contribution >= 0.6 is 0 Å². The van der Waals surface area contributed by atoms with Crippen LogP contribution in [0.4, 0.5) is 0 Å². The second-order valence-electron chi connectivity index (χ2n) is 3.20. The molecule has 4 heteroatoms. The summed E-state index contributed by atoms with van der Waals surface area (Å²) in [5.74, 6) is 0. The van der Waals surface area contributed by atoms with Crippen LogP contribution in [0, 0.1) is 6.92 Å². The standard InChI is InChI=1S/C8H16N4/c1-6(2)12-7(3)8(4-5-9)10-11-12/h6H,4-5,9H2,1-3H3. The highest BCUT2D eigenvalue weighted by Gasteiger charge is 2.08. The van der Waals surface area contributed by atoms with Crippen molar-refractivity contribution in [3.05, 3.63) is 11.4 Å². The molecule has 0 amide bonds. The third-order valence-corrected chi connectivity index (χ3v) is 1.89. The quantitative estimate of drug-likeness (QED) is 0.721. The molecule has 12 heavy (non-hydrogen) atoms. The van der Waals surface area contributed by atoms with E-state index in [9.17, 15) is 0 Å². The molecule has 0 unspecified atom stereocenters. The lowest BCUT2D eigenvalue weighted by molar-refractivity contribution is 0.502. The minimum atomic E-state index is 0.379. The molecule has 0 aromatic carbocycles. The van der Waals surface area contributed by atoms with Crippen LogP contribution in [0.3, 0.4) is 0 Å². The molecular formula is C8H16N4. The van der Waals surface area contributed by atoms with Crippen molar-refractivity contribution in [3.63, 3.8) is 0 Å². The van der Waals surface area contributed by atoms with Gasteiger partial charge in [0.1, 0.15) is 0 Å². The Bertz CT molecular complexity index is 252. The van der Waals surface area contributed by atoms with Gasteiger partial charge in [-0.1, -0.05) is 5.21 Å². The first-order valence-electron chi connectivity index (χ1n) is 4.27. The van der Waals surface area contributed by atoms with Gasteiger partial charge in [0.15, 0.2) is 0 Å². The molecule has 4 nitrogen and oxygen atoms in total. The molecule has 0 fully saturated rings. The molecule has 2 N–H and O–H groups in total. The monoisotopic (exact) mass is 168 g/mol. The first-order chi connectivity index (χ1) is 5.66. The van der Waals surface area contributed by atoms with E-state index < -0.39 is 0 Å². The minimum Gasteiger partial charge on any atom is -0.330 e. The molecule has 0 bridgehead atoms. The molecule has 0 atom stereocenters. The van der Waals surface area contributed by atoms with Gasteiger partial charge in [-0.15, -0.1) is 5.10 Å². The van der Waals surface area contributed by atoms with Gasteiger partial charge in [0.05, 0.1) is 11.4 Å². The van der Waals surface area contributed by atoms with E-state index >= 15 is 0 Å². The van der Waals surface area contributed by atoms with Crippen LogP contribution in [0.2, 0.25) is 0 Å². The predicted octanol–water partition coefficient (Wildman–Crippen LogP) is 0.669. The van der Waals surface area contributed by atoms with Crippen molar-refractivity contribution in [2.24, 2.45) is 5.73 Å². The largest absolute Gasteiger partial charge is 0.330 e. The van der Waals surface area contributed by atoms with Crippen molar-refractivity contribution in [1.29, 1.82) is 0 Å². The van der Waals surface area contributed by atoms with Gasteiger partial charge in [0, 0.05) is 12.5 Å². The van der Waals surface area contributed by atoms with Gasteiger partial charge in [0.2, 0.25) is 0 Å². The number of nitrogens with two attached hydrogens (primary N) is 1. The zero-order valence-corrected chi connectivity index (χ0v) is 7.91. The smallest absolute Gasteiger partial charge is 0.0868 e. The van der Waals surface area contributed by atoms with Gasteiger partial charge in [0.25, 0.3) is 0 Å². The highest BCUT2D eigenvalue weighted by atomic mass is 15.4. The van der Waals surface area contributed by atoms with Gasteiger partial charge in [-0.25, -0.2) is 4.68 Å². The van der Waals surface area contributed by atoms with Crippen molar-refractivity contribution in [2.75, 3.05) is 6.54 Å². The summed E-state index contributed by atoms with van der Waals surface area (Å²) in [6, 6.07) is 0.379. The van der Waals surface area contributed by atoms with Crippen LogP contribution in [0.25, 0.3) is 0 Å². The van der Waals surface area contributed by atoms with Crippen molar-refractivity contribution < 1.29 is 0 Å². The van der Waals surface area contributed by atoms with Crippen LogP contribution in [0.1, 0.15) is 31.3 Å². The van der Waals surface area contributed by atoms with E-state index in [-0.39, 0.29) is 0 Å². The Morgan fingerprint density at radius 1 is 1.50 bits per heavy atom. The maximum absolute atomic E-state index is 5.44. The van der Waals surface area contributed by atoms with E-state index in [1.165, 1.54) is 0 Å². The van der Waals surface area contributed by atoms with E-state index in [4.69, 9.17) is 5.73 Å². The summed E-state index contributed by atoms with van der Waals surface area (Å²) in [5.41, 5.74) is 7.59. The van der Waals surface area contributed by atoms with Crippen molar-refractivity contribution >= 4 is 0 Å². The predicted molar refractivity (Wildman–Crippen MR) is 47.9 cm³/mol. The molecule has 1 heterocycles. The number of hydrogen-bond donors (Lipinski definition) is 1. The molecule has 1 rings (SSSR count). The molecule has 1 aromatic heterocycles. The van der Waals surface area contributed by atoms with Gasteiger partial charge in [-0.2, -0.15) is 0 Å². The Morgan fingerprint density at radius 3 is 2.58 bits per heavy atom. The molecule has 0 spiro atoms. The second kappa shape index (κ2) is 3.67. The Labute approximate surface area is 72.8 Å². The highest BCUT2D eigenvalue weighted by Crippen LogP contribution is 2.09. The molecule has 0 saturated carbocycles. The number of hydrogen-bond acceptors (Lipinski definition) is 3. The lowest BCUT2D eigenvalue weighted by Gasteiger charge is -2.06. The maximum Gasteiger partial charge on any atom is 0.0868 e. The van der Waals surface area contributed by atoms with Crippen LogP contribution in [0.15, 0.2) is 0 Å². The second-order valence-corrected chi connectivity index (χ2v) is 3.20. The minimum absolute atomic E-state index is 0.379. The molecule has 0 aliphatic carbocycles. The first-order valence-corrected chi connectivity index (χ1v) is 4.27. The molecule has 0 radical (unpaired) electrons. The van der Waals surface area contributed by atoms with Crippen molar-refractivity contribution in [2.45, 2.75) is 33.2 Å². The summed E-state index contributed by atoms with van der Waals surface area (Å²) in [4.78, 5) is 0. The van der Waals surface area contributed by atoms with E-state index in [2.05, 4.69) is 24.2 Å². The molecule has 1 aromatic rings. The van der Waals surface area contributed by atoms with Crippen LogP contribution < -0.4 is 5.73 Å². The lowest BCUT2D eigenvalue weighted by atomic mass is 10.2. The SMILES string of the molecule is Cc1c(CCN)nnn1C(C)C. The fourth-order valence-corrected chi connectivity index (χ4v) is 1.23. The Kier molecular flexibility index (Phi) is 2.81. The van der Waals surface area contributed by atoms with Crippen molar-refractivity contribution in [3.8, 4) is 0 Å². The number of nitrogens with zero attached hydrogens (tertiary/aromatic N) is 3. The third-order valence-electron chi connectivity index (χ3n) is 1.89. The van der Waals surface area contributed by atoms with E-state index in [0.29, 0.717) is 12.6 Å². The van der Waals surface area contributed by atoms with E-state index in [1.807, 2.05) is 11.6 Å². The Balaban J connectivity index is 2.88. The molecule has 0 saturated heterocycles. The van der Waals surface area contributed by atoms with Crippen LogP contribution in [-0.2, 0) is 6.42 Å². The summed E-state index contributed by atoms with van der Waals surface area (Å²) in [6.45, 7) is 6.85. The van der Waals surface area contributed by atoms with Gasteiger partial charge < -0.3 is 5.73 Å². The van der Waals surface area contributed by atoms with Gasteiger partial charge in [-0.3, -0.25) is 0 Å². The zero-order valence-electron chi connectivity index (χ0n) is 7.91. The van der Waals surface area contributed by atoms with Crippen LogP contribution in [-0.4, -0.2) is 21.5 Å². The molecule has 0 aliphatic rings. The van der Waals surface area contributed by atoms with Crippen molar-refractivity contribution in [1.82, 2.24) is 15.0 Å². The Hall–Kier alpha value is -0.900. The Morgan fingerprint density at radius 2 is 2.17 bits per heavy atom. The van der Waals surface area contributed by atoms with Gasteiger partial charge >= 0.3 is 0 Å². The lowest BCUT2D eigenvalue weighted by Crippen LogP contribution is -2.07. The highest BCUT2D eigenvalue weighted by molar-refractivity contribution is 5.08. The summed E-state index contributed by atoms with van der Waals surface area (Å²) in [6.07, 6.45) is 0.818. The maximum atomic E-state index is 5.44. The summed E-state index contributed by atoms with van der Waals surface area (Å²) in [5, 5.41) is 8.10. The normalized spacial score (nSPS) is 11.1. The van der Waals surface area contributed by atoms with Gasteiger partial charge in [-0.05, 0) is 27.3 Å². The van der Waals surface area contributed by atoms with E-state index in [1.54, 1.807) is 0 Å².